The fourth-order valence-electron chi connectivity index (χ4n) is 2.63. The Kier molecular flexibility index (Phi) is 4.39. The number of nitrogens with one attached hydrogen (secondary N) is 1. The quantitative estimate of drug-likeness (QED) is 0.789. The van der Waals surface area contributed by atoms with Gasteiger partial charge in [-0.3, -0.25) is 4.79 Å². The van der Waals surface area contributed by atoms with Gasteiger partial charge in [0.25, 0.3) is 0 Å². The number of rotatable bonds is 4. The SMILES string of the molecule is Cc1nsc(NC(=O)CC2(N)CCCCC2)c1C(=O)O. The normalized spacial score (nSPS) is 17.7. The summed E-state index contributed by atoms with van der Waals surface area (Å²) in [6.45, 7) is 1.61. The summed E-state index contributed by atoms with van der Waals surface area (Å²) < 4.78 is 3.97. The van der Waals surface area contributed by atoms with Gasteiger partial charge in [0.2, 0.25) is 5.91 Å². The Balaban J connectivity index is 2.03. The molecule has 1 aliphatic carbocycles. The van der Waals surface area contributed by atoms with Crippen molar-refractivity contribution in [3.05, 3.63) is 11.3 Å². The number of aromatic carboxylic acids is 1. The summed E-state index contributed by atoms with van der Waals surface area (Å²) in [5.41, 5.74) is 6.26. The van der Waals surface area contributed by atoms with Crippen molar-refractivity contribution in [1.29, 1.82) is 0 Å². The molecule has 0 aliphatic heterocycles. The molecule has 0 saturated heterocycles. The number of hydrogen-bond acceptors (Lipinski definition) is 5. The second kappa shape index (κ2) is 5.88. The van der Waals surface area contributed by atoms with Gasteiger partial charge < -0.3 is 16.2 Å². The van der Waals surface area contributed by atoms with Crippen molar-refractivity contribution in [1.82, 2.24) is 4.37 Å². The maximum absolute atomic E-state index is 12.1. The van der Waals surface area contributed by atoms with Crippen LogP contribution in [0.4, 0.5) is 5.00 Å². The summed E-state index contributed by atoms with van der Waals surface area (Å²) >= 11 is 0.990. The lowest BCUT2D eigenvalue weighted by Crippen LogP contribution is -2.44. The van der Waals surface area contributed by atoms with E-state index in [1.165, 1.54) is 0 Å². The maximum atomic E-state index is 12.1. The first-order chi connectivity index (χ1) is 9.41. The third kappa shape index (κ3) is 3.34. The first kappa shape index (κ1) is 14.9. The molecule has 1 saturated carbocycles. The predicted octanol–water partition coefficient (Wildman–Crippen LogP) is 2.14. The average molecular weight is 297 g/mol. The van der Waals surface area contributed by atoms with Crippen molar-refractivity contribution >= 4 is 28.4 Å². The van der Waals surface area contributed by atoms with Crippen molar-refractivity contribution in [2.24, 2.45) is 5.73 Å². The van der Waals surface area contributed by atoms with Gasteiger partial charge in [-0.1, -0.05) is 19.3 Å². The summed E-state index contributed by atoms with van der Waals surface area (Å²) in [4.78, 5) is 23.2. The zero-order valence-corrected chi connectivity index (χ0v) is 12.3. The number of carboxylic acid groups (broad SMARTS) is 1. The fraction of sp³-hybridized carbons (Fsp3) is 0.615. The van der Waals surface area contributed by atoms with E-state index in [1.807, 2.05) is 0 Å². The van der Waals surface area contributed by atoms with Crippen LogP contribution in [0.25, 0.3) is 0 Å². The van der Waals surface area contributed by atoms with Crippen LogP contribution in [0.3, 0.4) is 0 Å². The van der Waals surface area contributed by atoms with Gasteiger partial charge in [-0.15, -0.1) is 0 Å². The average Bonchev–Trinajstić information content (AvgIpc) is 2.70. The third-order valence-electron chi connectivity index (χ3n) is 3.69. The van der Waals surface area contributed by atoms with Crippen LogP contribution in [0.1, 0.15) is 54.6 Å². The minimum atomic E-state index is -1.08. The zero-order valence-electron chi connectivity index (χ0n) is 11.4. The molecule has 0 bridgehead atoms. The van der Waals surface area contributed by atoms with E-state index in [0.29, 0.717) is 10.7 Å². The molecule has 6 nitrogen and oxygen atoms in total. The second-order valence-corrected chi connectivity index (χ2v) is 6.20. The highest BCUT2D eigenvalue weighted by atomic mass is 32.1. The van der Waals surface area contributed by atoms with E-state index in [0.717, 1.165) is 43.6 Å². The lowest BCUT2D eigenvalue weighted by atomic mass is 9.80. The van der Waals surface area contributed by atoms with Crippen molar-refractivity contribution in [3.8, 4) is 0 Å². The van der Waals surface area contributed by atoms with Crippen LogP contribution in [0, 0.1) is 6.92 Å². The molecule has 2 rings (SSSR count). The first-order valence-electron chi connectivity index (χ1n) is 6.70. The minimum absolute atomic E-state index is 0.0677. The first-order valence-corrected chi connectivity index (χ1v) is 7.47. The summed E-state index contributed by atoms with van der Waals surface area (Å²) in [7, 11) is 0. The van der Waals surface area contributed by atoms with Crippen LogP contribution in [0.2, 0.25) is 0 Å². The van der Waals surface area contributed by atoms with Crippen molar-refractivity contribution in [3.63, 3.8) is 0 Å². The molecule has 1 aliphatic rings. The molecule has 1 aromatic heterocycles. The van der Waals surface area contributed by atoms with Gasteiger partial charge in [0.15, 0.2) is 0 Å². The van der Waals surface area contributed by atoms with E-state index in [1.54, 1.807) is 6.92 Å². The van der Waals surface area contributed by atoms with Crippen molar-refractivity contribution in [2.45, 2.75) is 51.0 Å². The molecular weight excluding hydrogens is 278 g/mol. The van der Waals surface area contributed by atoms with Crippen LogP contribution in [-0.4, -0.2) is 26.9 Å². The number of amides is 1. The van der Waals surface area contributed by atoms with Crippen LogP contribution in [0.5, 0.6) is 0 Å². The highest BCUT2D eigenvalue weighted by Gasteiger charge is 2.30. The monoisotopic (exact) mass is 297 g/mol. The smallest absolute Gasteiger partial charge is 0.340 e. The summed E-state index contributed by atoms with van der Waals surface area (Å²) in [6, 6.07) is 0. The Hall–Kier alpha value is -1.47. The summed E-state index contributed by atoms with van der Waals surface area (Å²) in [6.07, 6.45) is 5.16. The molecule has 0 radical (unpaired) electrons. The number of anilines is 1. The van der Waals surface area contributed by atoms with Gasteiger partial charge in [-0.25, -0.2) is 4.79 Å². The number of carboxylic acids is 1. The maximum Gasteiger partial charge on any atom is 0.340 e. The number of aryl methyl sites for hydroxylation is 1. The van der Waals surface area contributed by atoms with Gasteiger partial charge in [0, 0.05) is 12.0 Å². The highest BCUT2D eigenvalue weighted by Crippen LogP contribution is 2.30. The van der Waals surface area contributed by atoms with Crippen molar-refractivity contribution < 1.29 is 14.7 Å². The minimum Gasteiger partial charge on any atom is -0.478 e. The Morgan fingerprint density at radius 2 is 2.05 bits per heavy atom. The van der Waals surface area contributed by atoms with E-state index in [9.17, 15) is 9.59 Å². The van der Waals surface area contributed by atoms with Crippen LogP contribution in [0.15, 0.2) is 0 Å². The number of carbonyl (C=O) groups is 2. The molecule has 0 aromatic carbocycles. The summed E-state index contributed by atoms with van der Waals surface area (Å²) in [5, 5.41) is 12.0. The molecule has 20 heavy (non-hydrogen) atoms. The number of hydrogen-bond donors (Lipinski definition) is 3. The van der Waals surface area contributed by atoms with E-state index in [4.69, 9.17) is 10.8 Å². The largest absolute Gasteiger partial charge is 0.478 e. The van der Waals surface area contributed by atoms with E-state index in [-0.39, 0.29) is 17.9 Å². The van der Waals surface area contributed by atoms with Crippen molar-refractivity contribution in [2.75, 3.05) is 5.32 Å². The highest BCUT2D eigenvalue weighted by molar-refractivity contribution is 7.11. The molecule has 0 spiro atoms. The number of nitrogens with zero attached hydrogens (tertiary/aromatic N) is 1. The van der Waals surface area contributed by atoms with E-state index in [2.05, 4.69) is 9.69 Å². The molecule has 4 N–H and O–H groups in total. The van der Waals surface area contributed by atoms with Gasteiger partial charge in [-0.2, -0.15) is 4.37 Å². The molecule has 7 heteroatoms. The number of aromatic nitrogens is 1. The Labute approximate surface area is 121 Å². The number of nitrogens with two attached hydrogens (primary N) is 1. The van der Waals surface area contributed by atoms with Gasteiger partial charge in [-0.05, 0) is 31.3 Å². The van der Waals surface area contributed by atoms with Crippen LogP contribution in [-0.2, 0) is 4.79 Å². The summed E-state index contributed by atoms with van der Waals surface area (Å²) in [5.74, 6) is -1.31. The molecule has 0 unspecified atom stereocenters. The van der Waals surface area contributed by atoms with E-state index >= 15 is 0 Å². The van der Waals surface area contributed by atoms with Gasteiger partial charge in [0.05, 0.1) is 5.69 Å². The third-order valence-corrected chi connectivity index (χ3v) is 4.55. The predicted molar refractivity (Wildman–Crippen MR) is 77.1 cm³/mol. The Morgan fingerprint density at radius 1 is 1.40 bits per heavy atom. The van der Waals surface area contributed by atoms with Gasteiger partial charge >= 0.3 is 5.97 Å². The molecular formula is C13H19N3O3S. The van der Waals surface area contributed by atoms with Crippen LogP contribution < -0.4 is 11.1 Å². The Morgan fingerprint density at radius 3 is 2.65 bits per heavy atom. The van der Waals surface area contributed by atoms with E-state index < -0.39 is 11.5 Å². The molecule has 1 amide bonds. The molecule has 1 aromatic rings. The number of carbonyl (C=O) groups excluding carboxylic acids is 1. The molecule has 1 fully saturated rings. The van der Waals surface area contributed by atoms with Crippen LogP contribution >= 0.6 is 11.5 Å². The molecule has 1 heterocycles. The lowest BCUT2D eigenvalue weighted by Gasteiger charge is -2.32. The Bertz CT molecular complexity index is 521. The van der Waals surface area contributed by atoms with Gasteiger partial charge in [0.1, 0.15) is 10.6 Å². The zero-order chi connectivity index (χ0) is 14.8. The second-order valence-electron chi connectivity index (χ2n) is 5.43. The standard InChI is InChI=1S/C13H19N3O3S/c1-8-10(12(18)19)11(20-16-8)15-9(17)7-13(14)5-3-2-4-6-13/h2-7,14H2,1H3,(H,15,17)(H,18,19). The topological polar surface area (TPSA) is 105 Å². The fourth-order valence-corrected chi connectivity index (χ4v) is 3.44. The molecule has 110 valence electrons. The lowest BCUT2D eigenvalue weighted by molar-refractivity contribution is -0.117. The molecule has 0 atom stereocenters.